The Labute approximate surface area is 131 Å². The number of likely N-dealkylation sites (N-methyl/N-ethyl adjacent to an activating group) is 1. The van der Waals surface area contributed by atoms with Crippen LogP contribution in [-0.2, 0) is 9.59 Å². The van der Waals surface area contributed by atoms with E-state index in [9.17, 15) is 9.59 Å². The van der Waals surface area contributed by atoms with Crippen LogP contribution in [-0.4, -0.2) is 54.9 Å². The third-order valence-corrected chi connectivity index (χ3v) is 4.06. The minimum Gasteiger partial charge on any atom is -0.371 e. The molecule has 6 nitrogen and oxygen atoms in total. The lowest BCUT2D eigenvalue weighted by Crippen LogP contribution is -2.48. The predicted octanol–water partition coefficient (Wildman–Crippen LogP) is 0.891. The summed E-state index contributed by atoms with van der Waals surface area (Å²) in [6, 6.07) is 3.50. The summed E-state index contributed by atoms with van der Waals surface area (Å²) in [5, 5.41) is 2.83. The second-order valence-electron chi connectivity index (χ2n) is 5.93. The third kappa shape index (κ3) is 3.96. The summed E-state index contributed by atoms with van der Waals surface area (Å²) in [7, 11) is 3.39. The second-order valence-corrected chi connectivity index (χ2v) is 5.93. The fourth-order valence-electron chi connectivity index (χ4n) is 2.74. The first-order valence-electron chi connectivity index (χ1n) is 7.65. The Morgan fingerprint density at radius 3 is 2.41 bits per heavy atom. The molecule has 0 radical (unpaired) electrons. The smallest absolute Gasteiger partial charge is 0.244 e. The number of pyridine rings is 1. The van der Waals surface area contributed by atoms with Gasteiger partial charge in [0.25, 0.3) is 0 Å². The zero-order valence-electron chi connectivity index (χ0n) is 13.5. The maximum Gasteiger partial charge on any atom is 0.244 e. The number of anilines is 1. The molecule has 1 aromatic rings. The minimum absolute atomic E-state index is 0.0166. The van der Waals surface area contributed by atoms with Crippen molar-refractivity contribution in [3.8, 4) is 0 Å². The van der Waals surface area contributed by atoms with E-state index in [1.807, 2.05) is 12.1 Å². The summed E-state index contributed by atoms with van der Waals surface area (Å²) in [6.45, 7) is 3.42. The molecule has 1 saturated heterocycles. The van der Waals surface area contributed by atoms with Gasteiger partial charge in [-0.15, -0.1) is 0 Å². The molecule has 2 heterocycles. The van der Waals surface area contributed by atoms with Gasteiger partial charge in [0.15, 0.2) is 0 Å². The number of nitrogens with zero attached hydrogens (tertiary/aromatic N) is 3. The summed E-state index contributed by atoms with van der Waals surface area (Å²) in [4.78, 5) is 31.8. The highest BCUT2D eigenvalue weighted by Gasteiger charge is 2.27. The maximum atomic E-state index is 12.3. The van der Waals surface area contributed by atoms with Crippen LogP contribution < -0.4 is 10.2 Å². The van der Waals surface area contributed by atoms with E-state index in [2.05, 4.69) is 15.2 Å². The number of hydrogen-bond donors (Lipinski definition) is 1. The highest BCUT2D eigenvalue weighted by molar-refractivity contribution is 5.88. The van der Waals surface area contributed by atoms with Gasteiger partial charge in [0.1, 0.15) is 6.04 Å². The quantitative estimate of drug-likeness (QED) is 0.897. The van der Waals surface area contributed by atoms with Crippen molar-refractivity contribution in [1.29, 1.82) is 0 Å². The van der Waals surface area contributed by atoms with Crippen molar-refractivity contribution in [2.75, 3.05) is 32.1 Å². The molecule has 1 N–H and O–H groups in total. The van der Waals surface area contributed by atoms with Crippen LogP contribution in [0.1, 0.15) is 19.8 Å². The van der Waals surface area contributed by atoms with Crippen molar-refractivity contribution < 1.29 is 9.59 Å². The Bertz CT molecular complexity index is 510. The van der Waals surface area contributed by atoms with E-state index in [-0.39, 0.29) is 17.7 Å². The highest BCUT2D eigenvalue weighted by atomic mass is 16.2. The lowest BCUT2D eigenvalue weighted by atomic mass is 9.95. The molecular formula is C16H24N4O2. The number of amides is 2. The summed E-state index contributed by atoms with van der Waals surface area (Å²) < 4.78 is 0. The van der Waals surface area contributed by atoms with Crippen molar-refractivity contribution in [2.45, 2.75) is 25.8 Å². The standard InChI is InChI=1S/C16H24N4O2/c1-12(16(22)19(2)3)18-15(21)13-6-10-20(11-7-13)14-4-8-17-9-5-14/h4-5,8-9,12-13H,6-7,10-11H2,1-3H3,(H,18,21). The number of piperidine rings is 1. The fraction of sp³-hybridized carbons (Fsp3) is 0.562. The maximum absolute atomic E-state index is 12.3. The molecule has 22 heavy (non-hydrogen) atoms. The van der Waals surface area contributed by atoms with E-state index in [1.54, 1.807) is 33.4 Å². The first-order chi connectivity index (χ1) is 10.5. The van der Waals surface area contributed by atoms with E-state index in [0.717, 1.165) is 31.6 Å². The van der Waals surface area contributed by atoms with E-state index in [4.69, 9.17) is 0 Å². The number of rotatable bonds is 4. The molecule has 0 saturated carbocycles. The lowest BCUT2D eigenvalue weighted by molar-refractivity contribution is -0.135. The molecule has 120 valence electrons. The van der Waals surface area contributed by atoms with Gasteiger partial charge in [-0.2, -0.15) is 0 Å². The van der Waals surface area contributed by atoms with Crippen LogP contribution in [0.4, 0.5) is 5.69 Å². The number of nitrogens with one attached hydrogen (secondary N) is 1. The van der Waals surface area contributed by atoms with Gasteiger partial charge in [-0.1, -0.05) is 0 Å². The minimum atomic E-state index is -0.472. The van der Waals surface area contributed by atoms with Crippen molar-refractivity contribution >= 4 is 17.5 Å². The summed E-state index contributed by atoms with van der Waals surface area (Å²) in [5.41, 5.74) is 1.14. The molecule has 1 aromatic heterocycles. The van der Waals surface area contributed by atoms with Crippen LogP contribution in [0, 0.1) is 5.92 Å². The summed E-state index contributed by atoms with van der Waals surface area (Å²) >= 11 is 0. The molecule has 0 bridgehead atoms. The summed E-state index contributed by atoms with van der Waals surface area (Å²) in [5.74, 6) is -0.116. The van der Waals surface area contributed by atoms with Crippen molar-refractivity contribution in [2.24, 2.45) is 5.92 Å². The van der Waals surface area contributed by atoms with Gasteiger partial charge in [0, 0.05) is 51.2 Å². The number of carbonyl (C=O) groups is 2. The molecular weight excluding hydrogens is 280 g/mol. The zero-order valence-corrected chi connectivity index (χ0v) is 13.5. The van der Waals surface area contributed by atoms with E-state index < -0.39 is 6.04 Å². The van der Waals surface area contributed by atoms with Crippen molar-refractivity contribution in [3.05, 3.63) is 24.5 Å². The molecule has 0 spiro atoms. The third-order valence-electron chi connectivity index (χ3n) is 4.06. The zero-order chi connectivity index (χ0) is 16.1. The number of aromatic nitrogens is 1. The topological polar surface area (TPSA) is 65.5 Å². The molecule has 1 fully saturated rings. The molecule has 0 aromatic carbocycles. The molecule has 2 amide bonds. The Kier molecular flexibility index (Phi) is 5.35. The Morgan fingerprint density at radius 2 is 1.86 bits per heavy atom. The summed E-state index contributed by atoms with van der Waals surface area (Å²) in [6.07, 6.45) is 5.17. The van der Waals surface area contributed by atoms with E-state index >= 15 is 0 Å². The van der Waals surface area contributed by atoms with Crippen LogP contribution in [0.5, 0.6) is 0 Å². The average molecular weight is 304 g/mol. The van der Waals surface area contributed by atoms with Gasteiger partial charge < -0.3 is 15.1 Å². The first-order valence-corrected chi connectivity index (χ1v) is 7.65. The Morgan fingerprint density at radius 1 is 1.27 bits per heavy atom. The van der Waals surface area contributed by atoms with Gasteiger partial charge in [-0.3, -0.25) is 14.6 Å². The SMILES string of the molecule is CC(NC(=O)C1CCN(c2ccncc2)CC1)C(=O)N(C)C. The highest BCUT2D eigenvalue weighted by Crippen LogP contribution is 2.22. The molecule has 2 rings (SSSR count). The largest absolute Gasteiger partial charge is 0.371 e. The second kappa shape index (κ2) is 7.24. The number of carbonyl (C=O) groups excluding carboxylic acids is 2. The number of hydrogen-bond acceptors (Lipinski definition) is 4. The van der Waals surface area contributed by atoms with Gasteiger partial charge in [0.05, 0.1) is 0 Å². The molecule has 1 atom stereocenters. The van der Waals surface area contributed by atoms with Crippen molar-refractivity contribution in [3.63, 3.8) is 0 Å². The molecule has 1 aliphatic heterocycles. The molecule has 6 heteroatoms. The van der Waals surface area contributed by atoms with Crippen molar-refractivity contribution in [1.82, 2.24) is 15.2 Å². The molecule has 1 aliphatic rings. The monoisotopic (exact) mass is 304 g/mol. The van der Waals surface area contributed by atoms with Crippen LogP contribution in [0.15, 0.2) is 24.5 Å². The van der Waals surface area contributed by atoms with Gasteiger partial charge in [-0.05, 0) is 31.9 Å². The van der Waals surface area contributed by atoms with E-state index in [1.165, 1.54) is 4.90 Å². The normalized spacial score (nSPS) is 17.0. The Hall–Kier alpha value is -2.11. The Balaban J connectivity index is 1.84. The van der Waals surface area contributed by atoms with Gasteiger partial charge >= 0.3 is 0 Å². The van der Waals surface area contributed by atoms with Crippen LogP contribution >= 0.6 is 0 Å². The van der Waals surface area contributed by atoms with Gasteiger partial charge in [0.2, 0.25) is 11.8 Å². The first kappa shape index (κ1) is 16.3. The van der Waals surface area contributed by atoms with Crippen LogP contribution in [0.3, 0.4) is 0 Å². The average Bonchev–Trinajstić information content (AvgIpc) is 2.54. The van der Waals surface area contributed by atoms with Gasteiger partial charge in [-0.25, -0.2) is 0 Å². The molecule has 1 unspecified atom stereocenters. The lowest BCUT2D eigenvalue weighted by Gasteiger charge is -2.33. The molecule has 0 aliphatic carbocycles. The predicted molar refractivity (Wildman–Crippen MR) is 85.5 cm³/mol. The van der Waals surface area contributed by atoms with Crippen LogP contribution in [0.2, 0.25) is 0 Å². The van der Waals surface area contributed by atoms with E-state index in [0.29, 0.717) is 0 Å². The van der Waals surface area contributed by atoms with Crippen LogP contribution in [0.25, 0.3) is 0 Å². The fourth-order valence-corrected chi connectivity index (χ4v) is 2.74.